The van der Waals surface area contributed by atoms with Gasteiger partial charge in [0.2, 0.25) is 0 Å². The van der Waals surface area contributed by atoms with Crippen LogP contribution in [-0.2, 0) is 0 Å². The first-order valence-electron chi connectivity index (χ1n) is 6.58. The van der Waals surface area contributed by atoms with Gasteiger partial charge in [0, 0.05) is 19.3 Å². The molecule has 0 saturated carbocycles. The highest BCUT2D eigenvalue weighted by molar-refractivity contribution is 5.46. The SMILES string of the molecule is CCCNC(C#N)CCN(C)c1ccc(C)cc1. The number of benzene rings is 1. The number of nitriles is 1. The second kappa shape index (κ2) is 7.73. The van der Waals surface area contributed by atoms with Crippen molar-refractivity contribution in [3.63, 3.8) is 0 Å². The van der Waals surface area contributed by atoms with Crippen LogP contribution in [0.4, 0.5) is 5.69 Å². The molecule has 0 spiro atoms. The summed E-state index contributed by atoms with van der Waals surface area (Å²) in [6, 6.07) is 10.7. The molecule has 1 aromatic carbocycles. The summed E-state index contributed by atoms with van der Waals surface area (Å²) in [5, 5.41) is 12.3. The van der Waals surface area contributed by atoms with Gasteiger partial charge in [0.25, 0.3) is 0 Å². The van der Waals surface area contributed by atoms with Crippen molar-refractivity contribution in [2.24, 2.45) is 0 Å². The molecule has 0 saturated heterocycles. The van der Waals surface area contributed by atoms with Gasteiger partial charge >= 0.3 is 0 Å². The van der Waals surface area contributed by atoms with Gasteiger partial charge < -0.3 is 10.2 Å². The summed E-state index contributed by atoms with van der Waals surface area (Å²) >= 11 is 0. The molecule has 0 fully saturated rings. The Morgan fingerprint density at radius 2 is 2.00 bits per heavy atom. The average Bonchev–Trinajstić information content (AvgIpc) is 2.39. The van der Waals surface area contributed by atoms with Crippen LogP contribution in [-0.4, -0.2) is 26.2 Å². The van der Waals surface area contributed by atoms with E-state index in [0.717, 1.165) is 25.9 Å². The minimum absolute atomic E-state index is 0.0437. The Morgan fingerprint density at radius 3 is 2.56 bits per heavy atom. The quantitative estimate of drug-likeness (QED) is 0.803. The molecule has 1 unspecified atom stereocenters. The first-order valence-corrected chi connectivity index (χ1v) is 6.58. The van der Waals surface area contributed by atoms with Crippen LogP contribution in [0.3, 0.4) is 0 Å². The highest BCUT2D eigenvalue weighted by Gasteiger charge is 2.08. The van der Waals surface area contributed by atoms with Crippen molar-refractivity contribution in [1.82, 2.24) is 5.32 Å². The van der Waals surface area contributed by atoms with Crippen molar-refractivity contribution < 1.29 is 0 Å². The molecular weight excluding hydrogens is 222 g/mol. The highest BCUT2D eigenvalue weighted by atomic mass is 15.1. The largest absolute Gasteiger partial charge is 0.375 e. The molecule has 0 aliphatic heterocycles. The fourth-order valence-electron chi connectivity index (χ4n) is 1.78. The summed E-state index contributed by atoms with van der Waals surface area (Å²) in [6.07, 6.45) is 1.91. The molecule has 3 heteroatoms. The van der Waals surface area contributed by atoms with E-state index in [4.69, 9.17) is 5.26 Å². The lowest BCUT2D eigenvalue weighted by atomic mass is 10.2. The summed E-state index contributed by atoms with van der Waals surface area (Å²) in [6.45, 7) is 5.99. The van der Waals surface area contributed by atoms with E-state index in [1.807, 2.05) is 0 Å². The van der Waals surface area contributed by atoms with Crippen molar-refractivity contribution in [1.29, 1.82) is 5.26 Å². The minimum Gasteiger partial charge on any atom is -0.375 e. The number of aryl methyl sites for hydroxylation is 1. The average molecular weight is 245 g/mol. The van der Waals surface area contributed by atoms with Crippen molar-refractivity contribution in [2.45, 2.75) is 32.7 Å². The maximum atomic E-state index is 9.04. The van der Waals surface area contributed by atoms with Crippen LogP contribution in [0, 0.1) is 18.3 Å². The molecule has 1 rings (SSSR count). The number of nitrogens with one attached hydrogen (secondary N) is 1. The fourth-order valence-corrected chi connectivity index (χ4v) is 1.78. The molecule has 1 aromatic rings. The Morgan fingerprint density at radius 1 is 1.33 bits per heavy atom. The van der Waals surface area contributed by atoms with E-state index in [1.165, 1.54) is 11.3 Å². The van der Waals surface area contributed by atoms with Crippen LogP contribution in [0.1, 0.15) is 25.3 Å². The van der Waals surface area contributed by atoms with Crippen molar-refractivity contribution in [3.8, 4) is 6.07 Å². The fraction of sp³-hybridized carbons (Fsp3) is 0.533. The molecule has 0 aliphatic rings. The number of rotatable bonds is 7. The standard InChI is InChI=1S/C15H23N3/c1-4-10-17-14(12-16)9-11-18(3)15-7-5-13(2)6-8-15/h5-8,14,17H,4,9-11H2,1-3H3. The molecule has 1 N–H and O–H groups in total. The van der Waals surface area contributed by atoms with Crippen molar-refractivity contribution in [3.05, 3.63) is 29.8 Å². The molecule has 0 aliphatic carbocycles. The summed E-state index contributed by atoms with van der Waals surface area (Å²) in [7, 11) is 2.07. The van der Waals surface area contributed by atoms with Gasteiger partial charge in [0.1, 0.15) is 0 Å². The molecule has 3 nitrogen and oxygen atoms in total. The highest BCUT2D eigenvalue weighted by Crippen LogP contribution is 2.13. The molecule has 18 heavy (non-hydrogen) atoms. The van der Waals surface area contributed by atoms with Crippen LogP contribution in [0.15, 0.2) is 24.3 Å². The third-order valence-electron chi connectivity index (χ3n) is 3.02. The zero-order chi connectivity index (χ0) is 13.4. The third kappa shape index (κ3) is 4.77. The number of anilines is 1. The summed E-state index contributed by atoms with van der Waals surface area (Å²) in [4.78, 5) is 2.19. The van der Waals surface area contributed by atoms with Crippen LogP contribution >= 0.6 is 0 Å². The number of hydrogen-bond donors (Lipinski definition) is 1. The zero-order valence-electron chi connectivity index (χ0n) is 11.6. The molecule has 1 atom stereocenters. The van der Waals surface area contributed by atoms with Crippen molar-refractivity contribution >= 4 is 5.69 Å². The van der Waals surface area contributed by atoms with E-state index < -0.39 is 0 Å². The van der Waals surface area contributed by atoms with Crippen LogP contribution in [0.25, 0.3) is 0 Å². The van der Waals surface area contributed by atoms with Gasteiger partial charge in [-0.3, -0.25) is 0 Å². The lowest BCUT2D eigenvalue weighted by molar-refractivity contribution is 0.561. The smallest absolute Gasteiger partial charge is 0.0969 e. The lowest BCUT2D eigenvalue weighted by Crippen LogP contribution is -2.32. The monoisotopic (exact) mass is 245 g/mol. The Hall–Kier alpha value is -1.53. The molecule has 0 aromatic heterocycles. The number of nitrogens with zero attached hydrogens (tertiary/aromatic N) is 2. The molecule has 0 heterocycles. The summed E-state index contributed by atoms with van der Waals surface area (Å²) in [5.41, 5.74) is 2.47. The Bertz CT molecular complexity index is 378. The molecule has 0 bridgehead atoms. The van der Waals surface area contributed by atoms with Gasteiger partial charge in [-0.2, -0.15) is 5.26 Å². The van der Waals surface area contributed by atoms with Crippen LogP contribution in [0.2, 0.25) is 0 Å². The predicted octanol–water partition coefficient (Wildman–Crippen LogP) is 2.71. The van der Waals surface area contributed by atoms with Crippen LogP contribution < -0.4 is 10.2 Å². The van der Waals surface area contributed by atoms with Gasteiger partial charge in [0.05, 0.1) is 12.1 Å². The van der Waals surface area contributed by atoms with E-state index >= 15 is 0 Å². The van der Waals surface area contributed by atoms with Crippen LogP contribution in [0.5, 0.6) is 0 Å². The summed E-state index contributed by atoms with van der Waals surface area (Å²) < 4.78 is 0. The topological polar surface area (TPSA) is 39.1 Å². The zero-order valence-corrected chi connectivity index (χ0v) is 11.6. The van der Waals surface area contributed by atoms with Crippen molar-refractivity contribution in [2.75, 3.05) is 25.0 Å². The second-order valence-corrected chi connectivity index (χ2v) is 4.68. The van der Waals surface area contributed by atoms with E-state index in [0.29, 0.717) is 0 Å². The van der Waals surface area contributed by atoms with Gasteiger partial charge in [-0.1, -0.05) is 24.6 Å². The Kier molecular flexibility index (Phi) is 6.24. The Labute approximate surface area is 110 Å². The first kappa shape index (κ1) is 14.5. The molecule has 98 valence electrons. The van der Waals surface area contributed by atoms with Gasteiger partial charge in [-0.05, 0) is 38.4 Å². The Balaban J connectivity index is 2.42. The maximum absolute atomic E-state index is 9.04. The number of hydrogen-bond acceptors (Lipinski definition) is 3. The molecule has 0 radical (unpaired) electrons. The third-order valence-corrected chi connectivity index (χ3v) is 3.02. The van der Waals surface area contributed by atoms with Gasteiger partial charge in [-0.25, -0.2) is 0 Å². The lowest BCUT2D eigenvalue weighted by Gasteiger charge is -2.21. The maximum Gasteiger partial charge on any atom is 0.0969 e. The minimum atomic E-state index is -0.0437. The normalized spacial score (nSPS) is 11.9. The first-order chi connectivity index (χ1) is 8.67. The van der Waals surface area contributed by atoms with E-state index in [2.05, 4.69) is 61.4 Å². The van der Waals surface area contributed by atoms with E-state index in [9.17, 15) is 0 Å². The van der Waals surface area contributed by atoms with Gasteiger partial charge in [0.15, 0.2) is 0 Å². The van der Waals surface area contributed by atoms with E-state index in [-0.39, 0.29) is 6.04 Å². The predicted molar refractivity (Wildman–Crippen MR) is 76.8 cm³/mol. The van der Waals surface area contributed by atoms with Gasteiger partial charge in [-0.15, -0.1) is 0 Å². The second-order valence-electron chi connectivity index (χ2n) is 4.68. The molecular formula is C15H23N3. The molecule has 0 amide bonds. The summed E-state index contributed by atoms with van der Waals surface area (Å²) in [5.74, 6) is 0. The van der Waals surface area contributed by atoms with E-state index in [1.54, 1.807) is 0 Å².